The second-order valence-corrected chi connectivity index (χ2v) is 4.04. The lowest BCUT2D eigenvalue weighted by atomic mass is 10.2. The van der Waals surface area contributed by atoms with Gasteiger partial charge in [-0.1, -0.05) is 6.92 Å². The largest absolute Gasteiger partial charge is 0.366 e. The Balaban J connectivity index is 2.19. The minimum Gasteiger partial charge on any atom is -0.366 e. The van der Waals surface area contributed by atoms with Crippen LogP contribution in [0.3, 0.4) is 0 Å². The third kappa shape index (κ3) is 4.47. The Bertz CT molecular complexity index is 211. The van der Waals surface area contributed by atoms with Crippen molar-refractivity contribution in [2.24, 2.45) is 5.73 Å². The van der Waals surface area contributed by atoms with Gasteiger partial charge in [-0.3, -0.25) is 9.69 Å². The van der Waals surface area contributed by atoms with Gasteiger partial charge in [-0.15, -0.1) is 0 Å². The molecule has 0 aromatic heterocycles. The first-order valence-corrected chi connectivity index (χ1v) is 6.09. The van der Waals surface area contributed by atoms with Gasteiger partial charge in [0.25, 0.3) is 0 Å². The summed E-state index contributed by atoms with van der Waals surface area (Å²) in [5.74, 6) is 0.00942. The third-order valence-electron chi connectivity index (χ3n) is 2.82. The van der Waals surface area contributed by atoms with E-state index in [1.165, 1.54) is 0 Å². The lowest BCUT2D eigenvalue weighted by Gasteiger charge is -2.31. The van der Waals surface area contributed by atoms with Crippen molar-refractivity contribution in [2.45, 2.75) is 25.9 Å². The second-order valence-electron chi connectivity index (χ2n) is 4.04. The van der Waals surface area contributed by atoms with Crippen LogP contribution in [0.2, 0.25) is 0 Å². The zero-order valence-corrected chi connectivity index (χ0v) is 10.1. The Morgan fingerprint density at radius 2 is 2.38 bits per heavy atom. The summed E-state index contributed by atoms with van der Waals surface area (Å²) in [6.07, 6.45) is 1.59. The first kappa shape index (κ1) is 13.4. The molecule has 0 aromatic carbocycles. The zero-order chi connectivity index (χ0) is 11.8. The number of morpholine rings is 1. The zero-order valence-electron chi connectivity index (χ0n) is 10.1. The molecule has 0 aromatic rings. The molecule has 0 saturated carbocycles. The number of unbranched alkanes of at least 4 members (excludes halogenated alkanes) is 1. The van der Waals surface area contributed by atoms with E-state index in [0.717, 1.165) is 25.9 Å². The summed E-state index contributed by atoms with van der Waals surface area (Å²) in [6, 6.07) is 0. The average molecular weight is 229 g/mol. The number of nitrogens with zero attached hydrogens (tertiary/aromatic N) is 1. The van der Waals surface area contributed by atoms with Gasteiger partial charge in [0.1, 0.15) is 6.10 Å². The number of carbonyl (C=O) groups is 1. The predicted molar refractivity (Wildman–Crippen MR) is 63.2 cm³/mol. The molecular formula is C11H23N3O2. The van der Waals surface area contributed by atoms with Crippen molar-refractivity contribution >= 4 is 5.91 Å². The molecule has 1 atom stereocenters. The highest BCUT2D eigenvalue weighted by atomic mass is 16.5. The average Bonchev–Trinajstić information content (AvgIpc) is 2.34. The van der Waals surface area contributed by atoms with Crippen molar-refractivity contribution < 1.29 is 9.53 Å². The second kappa shape index (κ2) is 7.60. The fourth-order valence-corrected chi connectivity index (χ4v) is 1.74. The molecule has 0 aliphatic carbocycles. The van der Waals surface area contributed by atoms with Gasteiger partial charge in [0, 0.05) is 19.6 Å². The van der Waals surface area contributed by atoms with Crippen LogP contribution >= 0.6 is 0 Å². The molecule has 1 aliphatic rings. The minimum absolute atomic E-state index is 0.00942. The molecule has 94 valence electrons. The lowest BCUT2D eigenvalue weighted by molar-refractivity contribution is -0.138. The van der Waals surface area contributed by atoms with Gasteiger partial charge in [-0.05, 0) is 25.9 Å². The number of nitrogens with one attached hydrogen (secondary N) is 1. The standard InChI is InChI=1S/C11H23N3O2/c1-2-14-7-8-16-10(9-14)11(15)13-6-4-3-5-12/h10H,2-9,12H2,1H3,(H,13,15). The van der Waals surface area contributed by atoms with E-state index in [0.29, 0.717) is 26.2 Å². The van der Waals surface area contributed by atoms with Crippen LogP contribution in [-0.2, 0) is 9.53 Å². The Morgan fingerprint density at radius 3 is 3.06 bits per heavy atom. The Morgan fingerprint density at radius 1 is 1.56 bits per heavy atom. The molecule has 1 heterocycles. The summed E-state index contributed by atoms with van der Waals surface area (Å²) >= 11 is 0. The van der Waals surface area contributed by atoms with Gasteiger partial charge in [-0.25, -0.2) is 0 Å². The van der Waals surface area contributed by atoms with Crippen LogP contribution in [0.25, 0.3) is 0 Å². The molecule has 5 nitrogen and oxygen atoms in total. The maximum atomic E-state index is 11.7. The first-order chi connectivity index (χ1) is 7.77. The van der Waals surface area contributed by atoms with Crippen molar-refractivity contribution in [2.75, 3.05) is 39.3 Å². The SMILES string of the molecule is CCN1CCOC(C(=O)NCCCCN)C1. The Labute approximate surface area is 97.3 Å². The summed E-state index contributed by atoms with van der Waals surface area (Å²) < 4.78 is 5.45. The molecule has 1 aliphatic heterocycles. The van der Waals surface area contributed by atoms with Gasteiger partial charge in [0.05, 0.1) is 6.61 Å². The summed E-state index contributed by atoms with van der Waals surface area (Å²) in [5.41, 5.74) is 5.38. The predicted octanol–water partition coefficient (Wildman–Crippen LogP) is -0.438. The summed E-state index contributed by atoms with van der Waals surface area (Å²) in [4.78, 5) is 14.0. The van der Waals surface area contributed by atoms with Gasteiger partial charge in [-0.2, -0.15) is 0 Å². The van der Waals surface area contributed by atoms with Crippen molar-refractivity contribution in [3.8, 4) is 0 Å². The third-order valence-corrected chi connectivity index (χ3v) is 2.82. The van der Waals surface area contributed by atoms with Crippen LogP contribution in [0.5, 0.6) is 0 Å². The van der Waals surface area contributed by atoms with Crippen LogP contribution in [0, 0.1) is 0 Å². The highest BCUT2D eigenvalue weighted by Gasteiger charge is 2.25. The van der Waals surface area contributed by atoms with E-state index in [4.69, 9.17) is 10.5 Å². The van der Waals surface area contributed by atoms with Crippen molar-refractivity contribution in [3.63, 3.8) is 0 Å². The monoisotopic (exact) mass is 229 g/mol. The molecule has 0 bridgehead atoms. The van der Waals surface area contributed by atoms with Crippen molar-refractivity contribution in [1.29, 1.82) is 0 Å². The summed E-state index contributed by atoms with van der Waals surface area (Å²) in [7, 11) is 0. The fraction of sp³-hybridized carbons (Fsp3) is 0.909. The van der Waals surface area contributed by atoms with Crippen LogP contribution in [0.4, 0.5) is 0 Å². The molecule has 16 heavy (non-hydrogen) atoms. The molecule has 1 amide bonds. The number of nitrogens with two attached hydrogens (primary N) is 1. The van der Waals surface area contributed by atoms with E-state index in [9.17, 15) is 4.79 Å². The highest BCUT2D eigenvalue weighted by molar-refractivity contribution is 5.81. The van der Waals surface area contributed by atoms with Crippen LogP contribution in [0.15, 0.2) is 0 Å². The molecule has 1 saturated heterocycles. The molecule has 3 N–H and O–H groups in total. The van der Waals surface area contributed by atoms with Gasteiger partial charge < -0.3 is 15.8 Å². The molecule has 1 unspecified atom stereocenters. The van der Waals surface area contributed by atoms with Gasteiger partial charge in [0.15, 0.2) is 0 Å². The summed E-state index contributed by atoms with van der Waals surface area (Å²) in [6.45, 7) is 6.73. The normalized spacial score (nSPS) is 22.0. The maximum Gasteiger partial charge on any atom is 0.250 e. The van der Waals surface area contributed by atoms with Gasteiger partial charge in [0.2, 0.25) is 5.91 Å². The molecular weight excluding hydrogens is 206 g/mol. The smallest absolute Gasteiger partial charge is 0.250 e. The van der Waals surface area contributed by atoms with Crippen LogP contribution < -0.4 is 11.1 Å². The Hall–Kier alpha value is -0.650. The number of hydrogen-bond donors (Lipinski definition) is 2. The van der Waals surface area contributed by atoms with E-state index < -0.39 is 0 Å². The number of ether oxygens (including phenoxy) is 1. The number of likely N-dealkylation sites (N-methyl/N-ethyl adjacent to an activating group) is 1. The number of rotatable bonds is 6. The van der Waals surface area contributed by atoms with E-state index in [-0.39, 0.29) is 12.0 Å². The van der Waals surface area contributed by atoms with Crippen LogP contribution in [-0.4, -0.2) is 56.2 Å². The number of carbonyl (C=O) groups excluding carboxylic acids is 1. The molecule has 1 fully saturated rings. The Kier molecular flexibility index (Phi) is 6.37. The minimum atomic E-state index is -0.299. The maximum absolute atomic E-state index is 11.7. The van der Waals surface area contributed by atoms with Crippen molar-refractivity contribution in [3.05, 3.63) is 0 Å². The first-order valence-electron chi connectivity index (χ1n) is 6.09. The lowest BCUT2D eigenvalue weighted by Crippen LogP contribution is -2.49. The molecule has 0 spiro atoms. The summed E-state index contributed by atoms with van der Waals surface area (Å²) in [5, 5.41) is 2.89. The van der Waals surface area contributed by atoms with E-state index in [1.807, 2.05) is 0 Å². The highest BCUT2D eigenvalue weighted by Crippen LogP contribution is 2.04. The molecule has 1 rings (SSSR count). The van der Waals surface area contributed by atoms with E-state index in [1.54, 1.807) is 0 Å². The number of amides is 1. The van der Waals surface area contributed by atoms with Crippen molar-refractivity contribution in [1.82, 2.24) is 10.2 Å². The fourth-order valence-electron chi connectivity index (χ4n) is 1.74. The molecule has 5 heteroatoms. The topological polar surface area (TPSA) is 67.6 Å². The number of hydrogen-bond acceptors (Lipinski definition) is 4. The van der Waals surface area contributed by atoms with E-state index in [2.05, 4.69) is 17.1 Å². The molecule has 0 radical (unpaired) electrons. The van der Waals surface area contributed by atoms with Gasteiger partial charge >= 0.3 is 0 Å². The van der Waals surface area contributed by atoms with E-state index >= 15 is 0 Å². The van der Waals surface area contributed by atoms with Crippen LogP contribution in [0.1, 0.15) is 19.8 Å². The quantitative estimate of drug-likeness (QED) is 0.606.